The predicted octanol–water partition coefficient (Wildman–Crippen LogP) is 2.44. The first-order valence-corrected chi connectivity index (χ1v) is 10.2. The summed E-state index contributed by atoms with van der Waals surface area (Å²) >= 11 is 0. The molecule has 2 aliphatic rings. The summed E-state index contributed by atoms with van der Waals surface area (Å²) in [5, 5.41) is 3.41. The van der Waals surface area contributed by atoms with Gasteiger partial charge in [-0.25, -0.2) is 0 Å². The van der Waals surface area contributed by atoms with Gasteiger partial charge in [0.1, 0.15) is 0 Å². The fraction of sp³-hybridized carbons (Fsp3) is 0.667. The van der Waals surface area contributed by atoms with E-state index in [1.54, 1.807) is 0 Å². The van der Waals surface area contributed by atoms with E-state index in [0.717, 1.165) is 58.1 Å². The molecule has 6 nitrogen and oxygen atoms in total. The molecule has 27 heavy (non-hydrogen) atoms. The predicted molar refractivity (Wildman–Crippen MR) is 107 cm³/mol. The fourth-order valence-corrected chi connectivity index (χ4v) is 3.58. The van der Waals surface area contributed by atoms with E-state index in [1.807, 2.05) is 25.2 Å². The lowest BCUT2D eigenvalue weighted by atomic mass is 10.1. The molecular weight excluding hydrogens is 342 g/mol. The molecule has 2 saturated heterocycles. The molecule has 0 amide bonds. The number of ether oxygens (including phenoxy) is 3. The van der Waals surface area contributed by atoms with E-state index in [4.69, 9.17) is 14.2 Å². The Bertz CT molecular complexity index is 553. The highest BCUT2D eigenvalue weighted by Crippen LogP contribution is 2.17. The van der Waals surface area contributed by atoms with Crippen LogP contribution in [0.1, 0.15) is 31.2 Å². The molecule has 0 radical (unpaired) electrons. The number of hydrogen-bond acceptors (Lipinski definition) is 4. The van der Waals surface area contributed by atoms with Crippen molar-refractivity contribution in [1.29, 1.82) is 0 Å². The summed E-state index contributed by atoms with van der Waals surface area (Å²) in [6, 6.07) is 10.3. The first-order chi connectivity index (χ1) is 13.3. The minimum atomic E-state index is 0.313. The van der Waals surface area contributed by atoms with Crippen molar-refractivity contribution in [3.8, 4) is 0 Å². The van der Waals surface area contributed by atoms with Gasteiger partial charge in [0.15, 0.2) is 5.96 Å². The van der Waals surface area contributed by atoms with Gasteiger partial charge in [0.2, 0.25) is 0 Å². The zero-order valence-electron chi connectivity index (χ0n) is 16.4. The van der Waals surface area contributed by atoms with E-state index in [2.05, 4.69) is 27.3 Å². The van der Waals surface area contributed by atoms with Crippen molar-refractivity contribution in [3.63, 3.8) is 0 Å². The van der Waals surface area contributed by atoms with Crippen LogP contribution in [-0.4, -0.2) is 69.6 Å². The highest BCUT2D eigenvalue weighted by molar-refractivity contribution is 5.79. The number of hydrogen-bond donors (Lipinski definition) is 1. The second-order valence-corrected chi connectivity index (χ2v) is 7.17. The summed E-state index contributed by atoms with van der Waals surface area (Å²) in [6.45, 7) is 5.65. The molecule has 0 aromatic heterocycles. The number of piperidine rings is 1. The van der Waals surface area contributed by atoms with Crippen molar-refractivity contribution in [1.82, 2.24) is 10.2 Å². The molecule has 1 aromatic carbocycles. The minimum Gasteiger partial charge on any atom is -0.376 e. The number of guanidine groups is 1. The number of nitrogens with zero attached hydrogens (tertiary/aromatic N) is 2. The van der Waals surface area contributed by atoms with Crippen LogP contribution in [-0.2, 0) is 20.8 Å². The molecular formula is C21H33N3O3. The van der Waals surface area contributed by atoms with Gasteiger partial charge in [-0.15, -0.1) is 0 Å². The zero-order valence-corrected chi connectivity index (χ0v) is 16.4. The van der Waals surface area contributed by atoms with Crippen LogP contribution in [0.15, 0.2) is 35.3 Å². The maximum atomic E-state index is 6.05. The van der Waals surface area contributed by atoms with Crippen LogP contribution in [0.5, 0.6) is 0 Å². The molecule has 0 saturated carbocycles. The van der Waals surface area contributed by atoms with E-state index < -0.39 is 0 Å². The quantitative estimate of drug-likeness (QED) is 0.430. The van der Waals surface area contributed by atoms with E-state index in [1.165, 1.54) is 12.0 Å². The van der Waals surface area contributed by atoms with Crippen LogP contribution in [0.2, 0.25) is 0 Å². The molecule has 3 rings (SSSR count). The number of likely N-dealkylation sites (tertiary alicyclic amines) is 1. The van der Waals surface area contributed by atoms with Gasteiger partial charge in [0, 0.05) is 33.3 Å². The summed E-state index contributed by atoms with van der Waals surface area (Å²) in [6.07, 6.45) is 5.05. The maximum Gasteiger partial charge on any atom is 0.193 e. The van der Waals surface area contributed by atoms with Crippen molar-refractivity contribution >= 4 is 5.96 Å². The molecule has 150 valence electrons. The van der Waals surface area contributed by atoms with Crippen LogP contribution < -0.4 is 5.32 Å². The Balaban J connectivity index is 1.28. The lowest BCUT2D eigenvalue weighted by molar-refractivity contribution is -0.0367. The topological polar surface area (TPSA) is 55.3 Å². The Morgan fingerprint density at radius 2 is 2.04 bits per heavy atom. The summed E-state index contributed by atoms with van der Waals surface area (Å²) in [5.74, 6) is 0.955. The van der Waals surface area contributed by atoms with Crippen LogP contribution in [0, 0.1) is 0 Å². The Morgan fingerprint density at radius 1 is 1.22 bits per heavy atom. The van der Waals surface area contributed by atoms with Crippen molar-refractivity contribution in [2.75, 3.05) is 46.5 Å². The van der Waals surface area contributed by atoms with Gasteiger partial charge in [-0.1, -0.05) is 30.3 Å². The van der Waals surface area contributed by atoms with Gasteiger partial charge in [0.05, 0.1) is 32.0 Å². The largest absolute Gasteiger partial charge is 0.376 e. The van der Waals surface area contributed by atoms with E-state index in [9.17, 15) is 0 Å². The number of benzene rings is 1. The van der Waals surface area contributed by atoms with Crippen molar-refractivity contribution in [3.05, 3.63) is 35.9 Å². The lowest BCUT2D eigenvalue weighted by Gasteiger charge is -2.34. The first-order valence-electron chi connectivity index (χ1n) is 10.2. The third-order valence-electron chi connectivity index (χ3n) is 5.14. The van der Waals surface area contributed by atoms with Gasteiger partial charge in [0.25, 0.3) is 0 Å². The molecule has 1 unspecified atom stereocenters. The second-order valence-electron chi connectivity index (χ2n) is 7.17. The molecule has 2 heterocycles. The number of nitrogens with one attached hydrogen (secondary N) is 1. The molecule has 0 aliphatic carbocycles. The molecule has 0 bridgehead atoms. The summed E-state index contributed by atoms with van der Waals surface area (Å²) in [4.78, 5) is 6.73. The Morgan fingerprint density at radius 3 is 2.74 bits per heavy atom. The van der Waals surface area contributed by atoms with Gasteiger partial charge >= 0.3 is 0 Å². The smallest absolute Gasteiger partial charge is 0.193 e. The highest BCUT2D eigenvalue weighted by Gasteiger charge is 2.24. The van der Waals surface area contributed by atoms with Crippen molar-refractivity contribution in [2.45, 2.75) is 44.5 Å². The first kappa shape index (κ1) is 20.1. The van der Waals surface area contributed by atoms with Crippen LogP contribution in [0.3, 0.4) is 0 Å². The third-order valence-corrected chi connectivity index (χ3v) is 5.14. The summed E-state index contributed by atoms with van der Waals surface area (Å²) in [5.41, 5.74) is 1.20. The van der Waals surface area contributed by atoms with Crippen LogP contribution in [0.25, 0.3) is 0 Å². The molecule has 1 atom stereocenters. The summed E-state index contributed by atoms with van der Waals surface area (Å²) in [7, 11) is 1.84. The van der Waals surface area contributed by atoms with E-state index in [-0.39, 0.29) is 0 Å². The molecule has 2 aliphatic heterocycles. The lowest BCUT2D eigenvalue weighted by Crippen LogP contribution is -2.47. The molecule has 1 aromatic rings. The van der Waals surface area contributed by atoms with Gasteiger partial charge in [-0.2, -0.15) is 0 Å². The molecule has 1 N–H and O–H groups in total. The third kappa shape index (κ3) is 6.79. The van der Waals surface area contributed by atoms with Crippen LogP contribution in [0.4, 0.5) is 0 Å². The fourth-order valence-electron chi connectivity index (χ4n) is 3.58. The SMILES string of the molecule is CN=C(NCCOCc1ccccc1)N1CCC(OCC2CCCO2)CC1. The highest BCUT2D eigenvalue weighted by atomic mass is 16.5. The number of aliphatic imine (C=N–C) groups is 1. The molecule has 2 fully saturated rings. The van der Waals surface area contributed by atoms with Gasteiger partial charge < -0.3 is 24.4 Å². The number of rotatable bonds is 8. The monoisotopic (exact) mass is 375 g/mol. The molecule has 6 heteroatoms. The summed E-state index contributed by atoms with van der Waals surface area (Å²) < 4.78 is 17.4. The van der Waals surface area contributed by atoms with E-state index >= 15 is 0 Å². The Labute approximate surface area is 162 Å². The molecule has 0 spiro atoms. The Hall–Kier alpha value is -1.63. The standard InChI is InChI=1S/C21H33N3O3/c1-22-21(23-11-15-25-16-18-6-3-2-4-7-18)24-12-9-19(10-13-24)27-17-20-8-5-14-26-20/h2-4,6-7,19-20H,5,8-17H2,1H3,(H,22,23). The van der Waals surface area contributed by atoms with E-state index in [0.29, 0.717) is 25.4 Å². The van der Waals surface area contributed by atoms with Gasteiger partial charge in [-0.05, 0) is 31.2 Å². The van der Waals surface area contributed by atoms with Crippen molar-refractivity contribution < 1.29 is 14.2 Å². The van der Waals surface area contributed by atoms with Crippen molar-refractivity contribution in [2.24, 2.45) is 4.99 Å². The average Bonchev–Trinajstić information content (AvgIpc) is 3.24. The van der Waals surface area contributed by atoms with Gasteiger partial charge in [-0.3, -0.25) is 4.99 Å². The minimum absolute atomic E-state index is 0.313. The maximum absolute atomic E-state index is 6.05. The second kappa shape index (κ2) is 11.3. The van der Waals surface area contributed by atoms with Crippen LogP contribution >= 0.6 is 0 Å². The average molecular weight is 376 g/mol. The zero-order chi connectivity index (χ0) is 18.7. The Kier molecular flexibility index (Phi) is 8.39. The normalized spacial score (nSPS) is 21.6.